The number of amides is 1. The fourth-order valence-corrected chi connectivity index (χ4v) is 10.6. The van der Waals surface area contributed by atoms with E-state index in [1.54, 1.807) is 6.08 Å². The number of aliphatic hydroxyl groups excluding tert-OH is 1. The molecular weight excluding hydrogens is 1080 g/mol. The van der Waals surface area contributed by atoms with E-state index in [4.69, 9.17) is 9.05 Å². The smallest absolute Gasteiger partial charge is 0.387 e. The molecule has 86 heavy (non-hydrogen) atoms. The maximum atomic E-state index is 13.1. The van der Waals surface area contributed by atoms with Crippen molar-refractivity contribution in [3.05, 3.63) is 134 Å². The predicted molar refractivity (Wildman–Crippen MR) is 378 cm³/mol. The number of carbonyl (C=O) groups excluding carboxylic acids is 1. The summed E-state index contributed by atoms with van der Waals surface area (Å²) < 4.78 is 23.8. The minimum Gasteiger partial charge on any atom is -0.387 e. The molecule has 0 saturated heterocycles. The van der Waals surface area contributed by atoms with Crippen LogP contribution in [0.4, 0.5) is 0 Å². The largest absolute Gasteiger partial charge is 0.472 e. The Morgan fingerprint density at radius 2 is 0.698 bits per heavy atom. The molecule has 8 nitrogen and oxygen atoms in total. The van der Waals surface area contributed by atoms with E-state index in [-0.39, 0.29) is 19.1 Å². The summed E-state index contributed by atoms with van der Waals surface area (Å²) in [5.41, 5.74) is 0. The molecule has 0 radical (unpaired) electrons. The van der Waals surface area contributed by atoms with E-state index in [1.807, 2.05) is 27.2 Å². The fraction of sp³-hybridized carbons (Fsp3) is 0.701. The molecule has 0 bridgehead atoms. The van der Waals surface area contributed by atoms with Gasteiger partial charge < -0.3 is 19.8 Å². The number of aliphatic hydroxyl groups is 1. The zero-order valence-electron chi connectivity index (χ0n) is 56.5. The molecule has 1 amide bonds. The number of nitrogens with zero attached hydrogens (tertiary/aromatic N) is 1. The molecule has 0 aromatic rings. The van der Waals surface area contributed by atoms with Crippen LogP contribution in [0.1, 0.15) is 296 Å². The van der Waals surface area contributed by atoms with Gasteiger partial charge >= 0.3 is 7.82 Å². The van der Waals surface area contributed by atoms with Gasteiger partial charge in [-0.2, -0.15) is 0 Å². The summed E-state index contributed by atoms with van der Waals surface area (Å²) in [5, 5.41) is 14.0. The molecule has 3 unspecified atom stereocenters. The second-order valence-corrected chi connectivity index (χ2v) is 26.3. The van der Waals surface area contributed by atoms with Crippen molar-refractivity contribution in [2.24, 2.45) is 0 Å². The lowest BCUT2D eigenvalue weighted by Gasteiger charge is -2.25. The Hall–Kier alpha value is -3.36. The minimum atomic E-state index is -4.37. The first-order chi connectivity index (χ1) is 42.0. The van der Waals surface area contributed by atoms with Crippen molar-refractivity contribution in [1.29, 1.82) is 0 Å². The number of rotatable bonds is 64. The summed E-state index contributed by atoms with van der Waals surface area (Å²) in [5.74, 6) is -0.188. The van der Waals surface area contributed by atoms with Gasteiger partial charge in [0.15, 0.2) is 0 Å². The number of nitrogens with one attached hydrogen (secondary N) is 1. The van der Waals surface area contributed by atoms with Crippen LogP contribution in [0.15, 0.2) is 134 Å². The standard InChI is InChI=1S/C77H135N2O6P/c1-6-8-10-12-14-16-18-20-22-24-26-28-30-32-33-34-35-36-37-38-39-40-41-42-43-44-45-47-49-51-53-55-57-59-61-63-65-67-69-71-77(81)78-75(74-85-86(82,83)84-73-72-79(3,4)5)76(80)70-68-66-64-62-60-58-56-54-52-50-48-46-31-29-27-25-23-21-19-17-15-13-11-9-7-2/h8,10,14,16,20,22,26,28,32-33,35-36,38-39,41-42,44-45,49,51,68,70,75-76,80H,6-7,9,11-13,15,17-19,21,23-25,27,29-31,34,37,40,43,46-48,50,52-67,69,71-74H2,1-5H3,(H-,78,81,82,83)/p+1/b10-8-,16-14-,22-20-,28-26-,33-32-,36-35-,39-38-,42-41-,45-44-,51-49-,70-68+. The van der Waals surface area contributed by atoms with Crippen LogP contribution in [-0.4, -0.2) is 73.4 Å². The Morgan fingerprint density at radius 3 is 1.02 bits per heavy atom. The number of quaternary nitrogens is 1. The van der Waals surface area contributed by atoms with Gasteiger partial charge in [0.1, 0.15) is 13.2 Å². The summed E-state index contributed by atoms with van der Waals surface area (Å²) in [6, 6.07) is -0.862. The van der Waals surface area contributed by atoms with Gasteiger partial charge in [-0.15, -0.1) is 0 Å². The van der Waals surface area contributed by atoms with Crippen LogP contribution in [0, 0.1) is 0 Å². The summed E-state index contributed by atoms with van der Waals surface area (Å²) >= 11 is 0. The number of carbonyl (C=O) groups is 1. The third-order valence-electron chi connectivity index (χ3n) is 15.4. The van der Waals surface area contributed by atoms with E-state index in [0.717, 1.165) is 116 Å². The van der Waals surface area contributed by atoms with Gasteiger partial charge in [-0.3, -0.25) is 13.8 Å². The normalized spacial score (nSPS) is 14.5. The van der Waals surface area contributed by atoms with Gasteiger partial charge in [0.25, 0.3) is 0 Å². The van der Waals surface area contributed by atoms with Gasteiger partial charge in [-0.1, -0.05) is 327 Å². The van der Waals surface area contributed by atoms with Crippen molar-refractivity contribution >= 4 is 13.7 Å². The third kappa shape index (κ3) is 68.1. The van der Waals surface area contributed by atoms with Gasteiger partial charge in [-0.05, 0) is 96.3 Å². The molecule has 3 atom stereocenters. The number of hydrogen-bond acceptors (Lipinski definition) is 5. The van der Waals surface area contributed by atoms with Gasteiger partial charge in [0.05, 0.1) is 39.9 Å². The highest BCUT2D eigenvalue weighted by atomic mass is 31.2. The lowest BCUT2D eigenvalue weighted by atomic mass is 10.0. The molecule has 0 spiro atoms. The second-order valence-electron chi connectivity index (χ2n) is 24.9. The lowest BCUT2D eigenvalue weighted by Crippen LogP contribution is -2.45. The van der Waals surface area contributed by atoms with Crippen LogP contribution < -0.4 is 5.32 Å². The zero-order chi connectivity index (χ0) is 62.6. The number of hydrogen-bond donors (Lipinski definition) is 3. The molecule has 0 aromatic heterocycles. The summed E-state index contributed by atoms with van der Waals surface area (Å²) in [6.45, 7) is 4.71. The third-order valence-corrected chi connectivity index (χ3v) is 16.4. The minimum absolute atomic E-state index is 0.0540. The highest BCUT2D eigenvalue weighted by Gasteiger charge is 2.28. The molecule has 0 aromatic carbocycles. The van der Waals surface area contributed by atoms with Gasteiger partial charge in [-0.25, -0.2) is 4.57 Å². The summed E-state index contributed by atoms with van der Waals surface area (Å²) in [4.78, 5) is 23.4. The van der Waals surface area contributed by atoms with Crippen molar-refractivity contribution in [1.82, 2.24) is 5.32 Å². The summed E-state index contributed by atoms with van der Waals surface area (Å²) in [6.07, 6.45) is 100. The Bertz CT molecular complexity index is 1870. The maximum absolute atomic E-state index is 13.1. The SMILES string of the molecule is CC/C=C\C/C=C\C/C=C\C/C=C\C/C=C\C/C=C\C/C=C\C/C=C\C/C=C\C/C=C\CCCCCCCCCCC(=O)NC(COP(=O)(O)OCC[N+](C)(C)C)C(O)/C=C/CCCCCCCCCCCCCCCCCCCCCCCCC. The van der Waals surface area contributed by atoms with Crippen LogP contribution >= 0.6 is 7.82 Å². The van der Waals surface area contributed by atoms with Crippen LogP contribution in [0.5, 0.6) is 0 Å². The first kappa shape index (κ1) is 82.6. The molecule has 0 rings (SSSR count). The van der Waals surface area contributed by atoms with E-state index in [0.29, 0.717) is 17.4 Å². The summed E-state index contributed by atoms with van der Waals surface area (Å²) in [7, 11) is 1.56. The Kier molecular flexibility index (Phi) is 63.5. The molecule has 0 heterocycles. The number of likely N-dealkylation sites (N-methyl/N-ethyl adjacent to an activating group) is 1. The molecule has 0 aliphatic heterocycles. The molecule has 0 fully saturated rings. The van der Waals surface area contributed by atoms with Crippen LogP contribution in [-0.2, 0) is 18.4 Å². The van der Waals surface area contributed by atoms with Gasteiger partial charge in [0.2, 0.25) is 5.91 Å². The molecule has 3 N–H and O–H groups in total. The highest BCUT2D eigenvalue weighted by molar-refractivity contribution is 7.47. The van der Waals surface area contributed by atoms with Crippen molar-refractivity contribution in [3.63, 3.8) is 0 Å². The number of allylic oxidation sites excluding steroid dienone is 21. The van der Waals surface area contributed by atoms with Crippen molar-refractivity contribution in [2.45, 2.75) is 309 Å². The van der Waals surface area contributed by atoms with Gasteiger partial charge in [0, 0.05) is 6.42 Å². The van der Waals surface area contributed by atoms with E-state index in [1.165, 1.54) is 161 Å². The monoisotopic (exact) mass is 1220 g/mol. The molecule has 0 aliphatic carbocycles. The van der Waals surface area contributed by atoms with E-state index < -0.39 is 20.0 Å². The van der Waals surface area contributed by atoms with Crippen LogP contribution in [0.3, 0.4) is 0 Å². The first-order valence-electron chi connectivity index (χ1n) is 35.6. The zero-order valence-corrected chi connectivity index (χ0v) is 57.4. The second kappa shape index (κ2) is 66.1. The topological polar surface area (TPSA) is 105 Å². The average molecular weight is 1220 g/mol. The van der Waals surface area contributed by atoms with Crippen LogP contribution in [0.25, 0.3) is 0 Å². The Morgan fingerprint density at radius 1 is 0.407 bits per heavy atom. The lowest BCUT2D eigenvalue weighted by molar-refractivity contribution is -0.870. The van der Waals surface area contributed by atoms with Crippen molar-refractivity contribution in [2.75, 3.05) is 40.9 Å². The van der Waals surface area contributed by atoms with Crippen molar-refractivity contribution < 1.29 is 32.9 Å². The van der Waals surface area contributed by atoms with Crippen molar-refractivity contribution in [3.8, 4) is 0 Å². The Labute approximate surface area is 532 Å². The number of unbranched alkanes of at least 4 members (excludes halogenated alkanes) is 31. The maximum Gasteiger partial charge on any atom is 0.472 e. The molecule has 494 valence electrons. The first-order valence-corrected chi connectivity index (χ1v) is 37.1. The fourth-order valence-electron chi connectivity index (χ4n) is 9.90. The molecule has 9 heteroatoms. The molecule has 0 saturated carbocycles. The highest BCUT2D eigenvalue weighted by Crippen LogP contribution is 2.43. The van der Waals surface area contributed by atoms with E-state index in [9.17, 15) is 19.4 Å². The van der Waals surface area contributed by atoms with Crippen LogP contribution in [0.2, 0.25) is 0 Å². The predicted octanol–water partition coefficient (Wildman–Crippen LogP) is 23.0. The van der Waals surface area contributed by atoms with E-state index >= 15 is 0 Å². The average Bonchev–Trinajstić information content (AvgIpc) is 3.70. The quantitative estimate of drug-likeness (QED) is 0.0243. The van der Waals surface area contributed by atoms with E-state index in [2.05, 4.69) is 141 Å². The molecular formula is C77H136N2O6P+. The number of phosphoric acid groups is 1. The molecule has 0 aliphatic rings. The Balaban J connectivity index is 4.15. The number of phosphoric ester groups is 1.